The molecule has 0 aliphatic carbocycles. The van der Waals surface area contributed by atoms with Crippen LogP contribution in [0.25, 0.3) is 10.8 Å². The summed E-state index contributed by atoms with van der Waals surface area (Å²) in [6.45, 7) is 3.00. The zero-order valence-electron chi connectivity index (χ0n) is 14.4. The second-order valence-corrected chi connectivity index (χ2v) is 8.44. The minimum absolute atomic E-state index is 0.0145. The Kier molecular flexibility index (Phi) is 5.39. The lowest BCUT2D eigenvalue weighted by molar-refractivity contribution is 0.0711. The first-order valence-corrected chi connectivity index (χ1v) is 10.4. The number of piperidine rings is 1. The third-order valence-corrected chi connectivity index (χ3v) is 6.24. The van der Waals surface area contributed by atoms with Gasteiger partial charge in [0.1, 0.15) is 0 Å². The molecule has 1 aliphatic heterocycles. The van der Waals surface area contributed by atoms with Crippen LogP contribution in [0.2, 0.25) is 0 Å². The van der Waals surface area contributed by atoms with Gasteiger partial charge in [-0.2, -0.15) is 0 Å². The van der Waals surface area contributed by atoms with Crippen LogP contribution in [-0.4, -0.2) is 44.1 Å². The van der Waals surface area contributed by atoms with Crippen molar-refractivity contribution in [2.24, 2.45) is 0 Å². The standard InChI is InChI=1S/C19H24N2O3S/c1-2-13-25(23,24)20-18-9-11-21(12-10-18)19(22)17-8-7-15-5-3-4-6-16(15)14-17/h3-8,14,18,20H,2,9-13H2,1H3. The van der Waals surface area contributed by atoms with Crippen LogP contribution in [0.3, 0.4) is 0 Å². The van der Waals surface area contributed by atoms with E-state index in [9.17, 15) is 13.2 Å². The van der Waals surface area contributed by atoms with Crippen molar-refractivity contribution in [1.82, 2.24) is 9.62 Å². The molecule has 5 nitrogen and oxygen atoms in total. The molecule has 1 fully saturated rings. The number of hydrogen-bond donors (Lipinski definition) is 1. The summed E-state index contributed by atoms with van der Waals surface area (Å²) in [5, 5.41) is 2.17. The summed E-state index contributed by atoms with van der Waals surface area (Å²) in [4.78, 5) is 14.5. The molecule has 0 bridgehead atoms. The van der Waals surface area contributed by atoms with Gasteiger partial charge in [0.15, 0.2) is 0 Å². The predicted octanol–water partition coefficient (Wildman–Crippen LogP) is 2.77. The van der Waals surface area contributed by atoms with E-state index in [4.69, 9.17) is 0 Å². The van der Waals surface area contributed by atoms with E-state index in [0.717, 1.165) is 10.8 Å². The summed E-state index contributed by atoms with van der Waals surface area (Å²) in [5.74, 6) is 0.170. The lowest BCUT2D eigenvalue weighted by Gasteiger charge is -2.32. The monoisotopic (exact) mass is 360 g/mol. The highest BCUT2D eigenvalue weighted by atomic mass is 32.2. The van der Waals surface area contributed by atoms with Gasteiger partial charge in [0.05, 0.1) is 5.75 Å². The van der Waals surface area contributed by atoms with Gasteiger partial charge in [-0.05, 0) is 42.2 Å². The quantitative estimate of drug-likeness (QED) is 0.892. The van der Waals surface area contributed by atoms with E-state index in [2.05, 4.69) is 4.72 Å². The van der Waals surface area contributed by atoms with E-state index < -0.39 is 10.0 Å². The van der Waals surface area contributed by atoms with Crippen molar-refractivity contribution in [2.45, 2.75) is 32.2 Å². The first kappa shape index (κ1) is 17.9. The number of hydrogen-bond acceptors (Lipinski definition) is 3. The molecular weight excluding hydrogens is 336 g/mol. The van der Waals surface area contributed by atoms with Crippen LogP contribution >= 0.6 is 0 Å². The molecular formula is C19H24N2O3S. The Hall–Kier alpha value is -1.92. The van der Waals surface area contributed by atoms with E-state index in [0.29, 0.717) is 37.9 Å². The van der Waals surface area contributed by atoms with Crippen molar-refractivity contribution in [1.29, 1.82) is 0 Å². The molecule has 1 aliphatic rings. The maximum absolute atomic E-state index is 12.7. The van der Waals surface area contributed by atoms with Gasteiger partial charge in [0.25, 0.3) is 5.91 Å². The van der Waals surface area contributed by atoms with Crippen LogP contribution in [0.4, 0.5) is 0 Å². The number of nitrogens with one attached hydrogen (secondary N) is 1. The average Bonchev–Trinajstić information content (AvgIpc) is 2.61. The average molecular weight is 360 g/mol. The van der Waals surface area contributed by atoms with E-state index in [1.165, 1.54) is 0 Å². The van der Waals surface area contributed by atoms with Crippen LogP contribution in [0, 0.1) is 0 Å². The van der Waals surface area contributed by atoms with Gasteiger partial charge in [-0.1, -0.05) is 37.3 Å². The molecule has 0 unspecified atom stereocenters. The molecule has 1 N–H and O–H groups in total. The van der Waals surface area contributed by atoms with Crippen LogP contribution in [-0.2, 0) is 10.0 Å². The molecule has 134 valence electrons. The maximum atomic E-state index is 12.7. The highest BCUT2D eigenvalue weighted by Crippen LogP contribution is 2.19. The summed E-state index contributed by atoms with van der Waals surface area (Å²) in [6, 6.07) is 13.6. The normalized spacial score (nSPS) is 16.3. The molecule has 2 aromatic carbocycles. The number of benzene rings is 2. The van der Waals surface area contributed by atoms with Crippen LogP contribution < -0.4 is 4.72 Å². The molecule has 1 heterocycles. The second kappa shape index (κ2) is 7.54. The minimum atomic E-state index is -3.20. The number of sulfonamides is 1. The van der Waals surface area contributed by atoms with Crippen molar-refractivity contribution < 1.29 is 13.2 Å². The largest absolute Gasteiger partial charge is 0.339 e. The SMILES string of the molecule is CCCS(=O)(=O)NC1CCN(C(=O)c2ccc3ccccc3c2)CC1. The van der Waals surface area contributed by atoms with Gasteiger partial charge < -0.3 is 4.90 Å². The van der Waals surface area contributed by atoms with Crippen molar-refractivity contribution in [3.63, 3.8) is 0 Å². The first-order chi connectivity index (χ1) is 12.0. The molecule has 6 heteroatoms. The zero-order valence-corrected chi connectivity index (χ0v) is 15.3. The Morgan fingerprint density at radius 1 is 1.12 bits per heavy atom. The summed E-state index contributed by atoms with van der Waals surface area (Å²) >= 11 is 0. The number of carbonyl (C=O) groups is 1. The number of amides is 1. The lowest BCUT2D eigenvalue weighted by atomic mass is 10.0. The van der Waals surface area contributed by atoms with E-state index in [1.54, 1.807) is 0 Å². The van der Waals surface area contributed by atoms with Crippen LogP contribution in [0.15, 0.2) is 42.5 Å². The van der Waals surface area contributed by atoms with Crippen molar-refractivity contribution in [2.75, 3.05) is 18.8 Å². The highest BCUT2D eigenvalue weighted by molar-refractivity contribution is 7.89. The topological polar surface area (TPSA) is 66.5 Å². The fraction of sp³-hybridized carbons (Fsp3) is 0.421. The summed E-state index contributed by atoms with van der Waals surface area (Å²) in [7, 11) is -3.20. The van der Waals surface area contributed by atoms with Crippen LogP contribution in [0.1, 0.15) is 36.5 Å². The van der Waals surface area contributed by atoms with E-state index in [1.807, 2.05) is 54.3 Å². The van der Waals surface area contributed by atoms with Gasteiger partial charge in [0.2, 0.25) is 10.0 Å². The molecule has 1 amide bonds. The molecule has 0 spiro atoms. The minimum Gasteiger partial charge on any atom is -0.339 e. The van der Waals surface area contributed by atoms with Gasteiger partial charge in [-0.25, -0.2) is 13.1 Å². The third kappa shape index (κ3) is 4.38. The number of likely N-dealkylation sites (tertiary alicyclic amines) is 1. The number of nitrogens with zero attached hydrogens (tertiary/aromatic N) is 1. The summed E-state index contributed by atoms with van der Waals surface area (Å²) in [5.41, 5.74) is 0.684. The zero-order chi connectivity index (χ0) is 17.9. The number of rotatable bonds is 5. The highest BCUT2D eigenvalue weighted by Gasteiger charge is 2.26. The number of carbonyl (C=O) groups excluding carboxylic acids is 1. The fourth-order valence-corrected chi connectivity index (χ4v) is 4.69. The van der Waals surface area contributed by atoms with Gasteiger partial charge in [0, 0.05) is 24.7 Å². The molecule has 0 atom stereocenters. The second-order valence-electron chi connectivity index (χ2n) is 6.57. The van der Waals surface area contributed by atoms with Crippen molar-refractivity contribution >= 4 is 26.7 Å². The molecule has 1 saturated heterocycles. The Morgan fingerprint density at radius 2 is 1.80 bits per heavy atom. The maximum Gasteiger partial charge on any atom is 0.253 e. The van der Waals surface area contributed by atoms with Crippen molar-refractivity contribution in [3.05, 3.63) is 48.0 Å². The van der Waals surface area contributed by atoms with Gasteiger partial charge in [-0.3, -0.25) is 4.79 Å². The third-order valence-electron chi connectivity index (χ3n) is 4.60. The molecule has 3 rings (SSSR count). The Balaban J connectivity index is 1.63. The summed E-state index contributed by atoms with van der Waals surface area (Å²) in [6.07, 6.45) is 1.92. The molecule has 2 aromatic rings. The molecule has 25 heavy (non-hydrogen) atoms. The van der Waals surface area contributed by atoms with Crippen LogP contribution in [0.5, 0.6) is 0 Å². The predicted molar refractivity (Wildman–Crippen MR) is 100 cm³/mol. The van der Waals surface area contributed by atoms with Crippen molar-refractivity contribution in [3.8, 4) is 0 Å². The lowest BCUT2D eigenvalue weighted by Crippen LogP contribution is -2.46. The fourth-order valence-electron chi connectivity index (χ4n) is 3.29. The Morgan fingerprint density at radius 3 is 2.48 bits per heavy atom. The Bertz CT molecular complexity index is 856. The Labute approximate surface area is 149 Å². The molecule has 0 aromatic heterocycles. The first-order valence-electron chi connectivity index (χ1n) is 8.76. The number of fused-ring (bicyclic) bond motifs is 1. The molecule has 0 saturated carbocycles. The smallest absolute Gasteiger partial charge is 0.253 e. The van der Waals surface area contributed by atoms with E-state index in [-0.39, 0.29) is 17.7 Å². The summed E-state index contributed by atoms with van der Waals surface area (Å²) < 4.78 is 26.5. The molecule has 0 radical (unpaired) electrons. The van der Waals surface area contributed by atoms with Gasteiger partial charge in [-0.15, -0.1) is 0 Å². The van der Waals surface area contributed by atoms with Gasteiger partial charge >= 0.3 is 0 Å². The van der Waals surface area contributed by atoms with E-state index >= 15 is 0 Å².